The quantitative estimate of drug-likeness (QED) is 0.189. The minimum Gasteiger partial charge on any atom is -0.363 e. The van der Waals surface area contributed by atoms with Gasteiger partial charge >= 0.3 is 0 Å². The predicted molar refractivity (Wildman–Crippen MR) is 195 cm³/mol. The first-order valence-electron chi connectivity index (χ1n) is 16.2. The molecule has 6 aromatic rings. The van der Waals surface area contributed by atoms with Crippen LogP contribution in [-0.2, 0) is 0 Å². The van der Waals surface area contributed by atoms with Crippen LogP contribution in [0.1, 0.15) is 36.2 Å². The highest BCUT2D eigenvalue weighted by Crippen LogP contribution is 2.42. The molecule has 5 nitrogen and oxygen atoms in total. The minimum absolute atomic E-state index is 0.235. The molecule has 0 aliphatic carbocycles. The molecule has 2 heterocycles. The van der Waals surface area contributed by atoms with E-state index in [0.717, 1.165) is 40.3 Å². The first kappa shape index (κ1) is 28.5. The van der Waals surface area contributed by atoms with Crippen molar-refractivity contribution in [1.82, 2.24) is 5.32 Å². The van der Waals surface area contributed by atoms with Crippen molar-refractivity contribution in [2.24, 2.45) is 9.98 Å². The van der Waals surface area contributed by atoms with Crippen molar-refractivity contribution in [1.29, 1.82) is 0 Å². The van der Waals surface area contributed by atoms with Crippen molar-refractivity contribution in [3.05, 3.63) is 174 Å². The molecule has 2 unspecified atom stereocenters. The van der Waals surface area contributed by atoms with Crippen LogP contribution in [0.25, 0.3) is 22.3 Å². The fraction of sp³-hybridized carbons (Fsp3) is 0.0952. The van der Waals surface area contributed by atoms with E-state index in [4.69, 9.17) is 9.98 Å². The van der Waals surface area contributed by atoms with Gasteiger partial charge in [-0.1, -0.05) is 134 Å². The van der Waals surface area contributed by atoms with Crippen molar-refractivity contribution in [3.8, 4) is 22.3 Å². The molecule has 0 saturated carbocycles. The third-order valence-corrected chi connectivity index (χ3v) is 8.90. The van der Waals surface area contributed by atoms with Crippen molar-refractivity contribution in [2.45, 2.75) is 25.7 Å². The summed E-state index contributed by atoms with van der Waals surface area (Å²) in [5.74, 6) is 1.54. The van der Waals surface area contributed by atoms with Crippen LogP contribution in [0, 0.1) is 0 Å². The third-order valence-electron chi connectivity index (χ3n) is 8.90. The molecule has 0 fully saturated rings. The number of hydrogen-bond acceptors (Lipinski definition) is 5. The molecule has 2 aliphatic rings. The van der Waals surface area contributed by atoms with E-state index in [1.54, 1.807) is 0 Å². The Labute approximate surface area is 276 Å². The molecule has 8 rings (SSSR count). The number of amidine groups is 2. The molecule has 0 bridgehead atoms. The van der Waals surface area contributed by atoms with Crippen molar-refractivity contribution in [2.75, 3.05) is 10.2 Å². The zero-order valence-electron chi connectivity index (χ0n) is 26.2. The number of para-hydroxylation sites is 2. The summed E-state index contributed by atoms with van der Waals surface area (Å²) >= 11 is 0. The van der Waals surface area contributed by atoms with E-state index in [1.807, 2.05) is 36.4 Å². The van der Waals surface area contributed by atoms with Crippen LogP contribution in [0.15, 0.2) is 168 Å². The lowest BCUT2D eigenvalue weighted by Gasteiger charge is -2.26. The largest absolute Gasteiger partial charge is 0.363 e. The molecule has 2 N–H and O–H groups in total. The van der Waals surface area contributed by atoms with Gasteiger partial charge in [0.1, 0.15) is 18.2 Å². The number of nitrogens with one attached hydrogen (secondary N) is 2. The number of rotatable bonds is 7. The highest BCUT2D eigenvalue weighted by molar-refractivity contribution is 6.13. The molecular weight excluding hydrogens is 574 g/mol. The van der Waals surface area contributed by atoms with E-state index in [9.17, 15) is 0 Å². The molecule has 2 aliphatic heterocycles. The second-order valence-corrected chi connectivity index (χ2v) is 11.9. The Morgan fingerprint density at radius 3 is 1.96 bits per heavy atom. The average molecular weight is 610 g/mol. The molecule has 47 heavy (non-hydrogen) atoms. The zero-order chi connectivity index (χ0) is 31.6. The Morgan fingerprint density at radius 2 is 1.21 bits per heavy atom. The molecule has 6 aromatic carbocycles. The van der Waals surface area contributed by atoms with Crippen LogP contribution >= 0.6 is 0 Å². The van der Waals surface area contributed by atoms with Gasteiger partial charge in [0.2, 0.25) is 0 Å². The smallest absolute Gasteiger partial charge is 0.159 e. The number of nitrogens with zero attached hydrogens (tertiary/aromatic N) is 3. The first-order chi connectivity index (χ1) is 23.2. The van der Waals surface area contributed by atoms with E-state index >= 15 is 0 Å². The SMILES string of the molecule is CCC1Nc2ccccc2N1c1ccc(-c2ccccc2-c2cccc(C3N=C(c4ccccc4)N=C(c4ccccc4)N3)c2)cc1. The monoisotopic (exact) mass is 609 g/mol. The molecule has 0 saturated heterocycles. The van der Waals surface area contributed by atoms with E-state index in [0.29, 0.717) is 0 Å². The van der Waals surface area contributed by atoms with Gasteiger partial charge in [-0.05, 0) is 64.6 Å². The number of fused-ring (bicyclic) bond motifs is 1. The summed E-state index contributed by atoms with van der Waals surface area (Å²) in [6.45, 7) is 2.22. The maximum absolute atomic E-state index is 5.10. The minimum atomic E-state index is -0.284. The summed E-state index contributed by atoms with van der Waals surface area (Å²) < 4.78 is 0. The van der Waals surface area contributed by atoms with E-state index in [2.05, 4.69) is 144 Å². The Balaban J connectivity index is 1.13. The maximum Gasteiger partial charge on any atom is 0.159 e. The van der Waals surface area contributed by atoms with Gasteiger partial charge in [-0.15, -0.1) is 0 Å². The van der Waals surface area contributed by atoms with Gasteiger partial charge in [-0.2, -0.15) is 0 Å². The molecule has 5 heteroatoms. The van der Waals surface area contributed by atoms with Crippen molar-refractivity contribution in [3.63, 3.8) is 0 Å². The van der Waals surface area contributed by atoms with Crippen LogP contribution in [0.2, 0.25) is 0 Å². The van der Waals surface area contributed by atoms with Gasteiger partial charge < -0.3 is 15.5 Å². The molecule has 228 valence electrons. The average Bonchev–Trinajstić information content (AvgIpc) is 3.54. The Morgan fingerprint density at radius 1 is 0.574 bits per heavy atom. The van der Waals surface area contributed by atoms with E-state index in [1.165, 1.54) is 33.8 Å². The zero-order valence-corrected chi connectivity index (χ0v) is 26.2. The Hall–Kier alpha value is -5.94. The summed E-state index contributed by atoms with van der Waals surface area (Å²) in [7, 11) is 0. The summed E-state index contributed by atoms with van der Waals surface area (Å²) in [5, 5.41) is 7.28. The van der Waals surface area contributed by atoms with Gasteiger partial charge in [-0.25, -0.2) is 9.98 Å². The topological polar surface area (TPSA) is 52.0 Å². The summed E-state index contributed by atoms with van der Waals surface area (Å²) in [5.41, 5.74) is 11.4. The fourth-order valence-corrected chi connectivity index (χ4v) is 6.57. The highest BCUT2D eigenvalue weighted by Gasteiger charge is 2.28. The second kappa shape index (κ2) is 12.5. The van der Waals surface area contributed by atoms with Crippen LogP contribution in [0.4, 0.5) is 17.1 Å². The predicted octanol–water partition coefficient (Wildman–Crippen LogP) is 9.82. The third kappa shape index (κ3) is 5.57. The lowest BCUT2D eigenvalue weighted by atomic mass is 9.93. The highest BCUT2D eigenvalue weighted by atomic mass is 15.3. The lowest BCUT2D eigenvalue weighted by Crippen LogP contribution is -2.33. The van der Waals surface area contributed by atoms with Crippen molar-refractivity contribution >= 4 is 28.7 Å². The molecule has 2 atom stereocenters. The standard InChI is InChI=1S/C42H35N5/c1-2-39-43-37-22-11-12-23-38(37)47(39)34-26-24-29(25-27-34)35-20-9-10-21-36(35)32-18-13-19-33(28-32)42-45-40(30-14-5-3-6-15-30)44-41(46-42)31-16-7-4-8-17-31/h3-28,39,42-43H,2H2,1H3,(H,44,45,46). The summed E-state index contributed by atoms with van der Waals surface area (Å²) in [6, 6.07) is 55.3. The Bertz CT molecular complexity index is 2080. The second-order valence-electron chi connectivity index (χ2n) is 11.9. The van der Waals surface area contributed by atoms with Crippen LogP contribution < -0.4 is 15.5 Å². The van der Waals surface area contributed by atoms with Gasteiger partial charge in [0.15, 0.2) is 5.84 Å². The first-order valence-corrected chi connectivity index (χ1v) is 16.2. The number of aliphatic imine (C=N–C) groups is 2. The van der Waals surface area contributed by atoms with Gasteiger partial charge in [0.05, 0.1) is 11.4 Å². The number of benzene rings is 6. The van der Waals surface area contributed by atoms with Gasteiger partial charge in [-0.3, -0.25) is 0 Å². The van der Waals surface area contributed by atoms with E-state index < -0.39 is 0 Å². The number of hydrogen-bond donors (Lipinski definition) is 2. The Kier molecular flexibility index (Phi) is 7.56. The van der Waals surface area contributed by atoms with Crippen LogP contribution in [0.5, 0.6) is 0 Å². The molecule has 0 radical (unpaired) electrons. The van der Waals surface area contributed by atoms with E-state index in [-0.39, 0.29) is 12.3 Å². The molecule has 0 spiro atoms. The summed E-state index contributed by atoms with van der Waals surface area (Å²) in [4.78, 5) is 12.4. The van der Waals surface area contributed by atoms with Crippen molar-refractivity contribution < 1.29 is 0 Å². The maximum atomic E-state index is 5.10. The normalized spacial score (nSPS) is 16.8. The number of anilines is 3. The van der Waals surface area contributed by atoms with Crippen LogP contribution in [0.3, 0.4) is 0 Å². The molecular formula is C42H35N5. The molecule has 0 amide bonds. The fourth-order valence-electron chi connectivity index (χ4n) is 6.57. The van der Waals surface area contributed by atoms with Crippen LogP contribution in [-0.4, -0.2) is 17.8 Å². The summed E-state index contributed by atoms with van der Waals surface area (Å²) in [6.07, 6.45) is 0.952. The molecule has 0 aromatic heterocycles. The van der Waals surface area contributed by atoms with Gasteiger partial charge in [0, 0.05) is 16.8 Å². The lowest BCUT2D eigenvalue weighted by molar-refractivity contribution is 0.674. The van der Waals surface area contributed by atoms with Gasteiger partial charge in [0.25, 0.3) is 0 Å².